The van der Waals surface area contributed by atoms with Crippen LogP contribution in [0.4, 0.5) is 0 Å². The van der Waals surface area contributed by atoms with Crippen LogP contribution in [-0.2, 0) is 6.42 Å². The van der Waals surface area contributed by atoms with Gasteiger partial charge in [-0.2, -0.15) is 0 Å². The Labute approximate surface area is 122 Å². The van der Waals surface area contributed by atoms with Gasteiger partial charge in [0.05, 0.1) is 19.4 Å². The van der Waals surface area contributed by atoms with E-state index in [0.717, 1.165) is 11.1 Å². The Morgan fingerprint density at radius 1 is 1.48 bits per heavy atom. The number of ether oxygens (including phenoxy) is 1. The Bertz CT molecular complexity index is 663. The molecule has 5 nitrogen and oxygen atoms in total. The van der Waals surface area contributed by atoms with Gasteiger partial charge in [0.15, 0.2) is 17.3 Å². The highest BCUT2D eigenvalue weighted by Gasteiger charge is 2.30. The molecule has 1 aromatic heterocycles. The first kappa shape index (κ1) is 13.5. The Kier molecular flexibility index (Phi) is 3.33. The summed E-state index contributed by atoms with van der Waals surface area (Å²) < 4.78 is 10.3. The molecule has 0 saturated heterocycles. The molecule has 1 aliphatic heterocycles. The fourth-order valence-corrected chi connectivity index (χ4v) is 2.82. The van der Waals surface area contributed by atoms with Crippen molar-refractivity contribution in [3.05, 3.63) is 47.4 Å². The quantitative estimate of drug-likeness (QED) is 0.922. The van der Waals surface area contributed by atoms with E-state index in [1.165, 1.54) is 13.4 Å². The molecule has 5 heteroatoms. The van der Waals surface area contributed by atoms with Crippen molar-refractivity contribution in [2.45, 2.75) is 19.4 Å². The molecule has 2 aromatic rings. The molecule has 0 radical (unpaired) electrons. The van der Waals surface area contributed by atoms with Crippen molar-refractivity contribution in [3.8, 4) is 11.5 Å². The molecule has 3 rings (SSSR count). The van der Waals surface area contributed by atoms with E-state index in [9.17, 15) is 9.90 Å². The zero-order chi connectivity index (χ0) is 15.0. The topological polar surface area (TPSA) is 62.9 Å². The molecule has 1 aliphatic rings. The van der Waals surface area contributed by atoms with Crippen LogP contribution in [0.1, 0.15) is 34.6 Å². The Hall–Kier alpha value is -2.43. The maximum Gasteiger partial charge on any atom is 0.290 e. The highest BCUT2D eigenvalue weighted by molar-refractivity contribution is 5.92. The summed E-state index contributed by atoms with van der Waals surface area (Å²) in [6.07, 6.45) is 2.19. The van der Waals surface area contributed by atoms with Gasteiger partial charge in [-0.15, -0.1) is 0 Å². The summed E-state index contributed by atoms with van der Waals surface area (Å²) in [6.45, 7) is 2.56. The van der Waals surface area contributed by atoms with Crippen molar-refractivity contribution in [3.63, 3.8) is 0 Å². The summed E-state index contributed by atoms with van der Waals surface area (Å²) in [5, 5.41) is 9.86. The molecule has 0 spiro atoms. The third-order valence-electron chi connectivity index (χ3n) is 3.97. The zero-order valence-electron chi connectivity index (χ0n) is 12.0. The van der Waals surface area contributed by atoms with Gasteiger partial charge >= 0.3 is 0 Å². The van der Waals surface area contributed by atoms with Gasteiger partial charge in [0.25, 0.3) is 5.91 Å². The van der Waals surface area contributed by atoms with Crippen LogP contribution in [-0.4, -0.2) is 29.6 Å². The first-order valence-corrected chi connectivity index (χ1v) is 6.86. The summed E-state index contributed by atoms with van der Waals surface area (Å²) in [6, 6.07) is 6.80. The number of fused-ring (bicyclic) bond motifs is 1. The largest absolute Gasteiger partial charge is 0.504 e. The number of hydrogen-bond donors (Lipinski definition) is 1. The molecule has 1 atom stereocenters. The molecular weight excluding hydrogens is 270 g/mol. The molecule has 21 heavy (non-hydrogen) atoms. The van der Waals surface area contributed by atoms with E-state index >= 15 is 0 Å². The fraction of sp³-hybridized carbons (Fsp3) is 0.312. The number of hydrogen-bond acceptors (Lipinski definition) is 4. The normalized spacial score (nSPS) is 17.4. The number of rotatable bonds is 2. The molecular formula is C16H17NO4. The summed E-state index contributed by atoms with van der Waals surface area (Å²) in [4.78, 5) is 14.2. The summed E-state index contributed by atoms with van der Waals surface area (Å²) in [7, 11) is 1.51. The van der Waals surface area contributed by atoms with Gasteiger partial charge in [-0.25, -0.2) is 0 Å². The van der Waals surface area contributed by atoms with Crippen molar-refractivity contribution in [1.82, 2.24) is 4.90 Å². The van der Waals surface area contributed by atoms with Crippen molar-refractivity contribution < 1.29 is 19.1 Å². The monoisotopic (exact) mass is 287 g/mol. The zero-order valence-corrected chi connectivity index (χ0v) is 12.0. The number of carbonyl (C=O) groups excluding carboxylic acids is 1. The van der Waals surface area contributed by atoms with E-state index in [0.29, 0.717) is 24.5 Å². The number of aromatic hydroxyl groups is 1. The van der Waals surface area contributed by atoms with Crippen LogP contribution in [0, 0.1) is 0 Å². The molecule has 0 bridgehead atoms. The first-order chi connectivity index (χ1) is 10.1. The van der Waals surface area contributed by atoms with E-state index in [2.05, 4.69) is 0 Å². The number of benzene rings is 1. The second-order valence-electron chi connectivity index (χ2n) is 5.12. The smallest absolute Gasteiger partial charge is 0.290 e. The standard InChI is InChI=1S/C16H17NO4/c1-10-12-9-15(20-2)13(18)8-11(12)5-6-17(10)16(19)14-4-3-7-21-14/h3-4,7-10,18H,5-6H2,1-2H3/t10-/m0/s1. The minimum absolute atomic E-state index is 0.0964. The molecule has 0 fully saturated rings. The average molecular weight is 287 g/mol. The predicted molar refractivity (Wildman–Crippen MR) is 76.5 cm³/mol. The summed E-state index contributed by atoms with van der Waals surface area (Å²) in [5.74, 6) is 0.781. The molecule has 0 saturated carbocycles. The number of amides is 1. The summed E-state index contributed by atoms with van der Waals surface area (Å²) >= 11 is 0. The third-order valence-corrected chi connectivity index (χ3v) is 3.97. The number of furan rings is 1. The van der Waals surface area contributed by atoms with Crippen molar-refractivity contribution in [1.29, 1.82) is 0 Å². The van der Waals surface area contributed by atoms with Crippen LogP contribution < -0.4 is 4.74 Å². The molecule has 0 unspecified atom stereocenters. The van der Waals surface area contributed by atoms with E-state index < -0.39 is 0 Å². The molecule has 110 valence electrons. The van der Waals surface area contributed by atoms with Crippen LogP contribution in [0.25, 0.3) is 0 Å². The lowest BCUT2D eigenvalue weighted by atomic mass is 9.92. The number of nitrogens with zero attached hydrogens (tertiary/aromatic N) is 1. The van der Waals surface area contributed by atoms with Gasteiger partial charge in [-0.3, -0.25) is 4.79 Å². The van der Waals surface area contributed by atoms with Gasteiger partial charge in [0.2, 0.25) is 0 Å². The van der Waals surface area contributed by atoms with Crippen molar-refractivity contribution in [2.24, 2.45) is 0 Å². The van der Waals surface area contributed by atoms with Gasteiger partial charge in [0.1, 0.15) is 0 Å². The van der Waals surface area contributed by atoms with E-state index in [1.807, 2.05) is 6.92 Å². The lowest BCUT2D eigenvalue weighted by Crippen LogP contribution is -2.38. The second-order valence-corrected chi connectivity index (χ2v) is 5.12. The summed E-state index contributed by atoms with van der Waals surface area (Å²) in [5.41, 5.74) is 2.04. The number of methoxy groups -OCH3 is 1. The van der Waals surface area contributed by atoms with Crippen LogP contribution in [0.15, 0.2) is 34.9 Å². The third kappa shape index (κ3) is 2.24. The van der Waals surface area contributed by atoms with Gasteiger partial charge in [-0.05, 0) is 48.7 Å². The van der Waals surface area contributed by atoms with Crippen LogP contribution >= 0.6 is 0 Å². The molecule has 0 aliphatic carbocycles. The van der Waals surface area contributed by atoms with Gasteiger partial charge in [0, 0.05) is 6.54 Å². The Balaban J connectivity index is 1.95. The highest BCUT2D eigenvalue weighted by atomic mass is 16.5. The fourth-order valence-electron chi connectivity index (χ4n) is 2.82. The van der Waals surface area contributed by atoms with E-state index in [4.69, 9.17) is 9.15 Å². The Morgan fingerprint density at radius 3 is 2.95 bits per heavy atom. The number of carbonyl (C=O) groups is 1. The lowest BCUT2D eigenvalue weighted by Gasteiger charge is -2.35. The van der Waals surface area contributed by atoms with Crippen LogP contribution in [0.5, 0.6) is 11.5 Å². The maximum atomic E-state index is 12.5. The maximum absolute atomic E-state index is 12.5. The highest BCUT2D eigenvalue weighted by Crippen LogP contribution is 2.37. The average Bonchev–Trinajstić information content (AvgIpc) is 3.01. The van der Waals surface area contributed by atoms with Crippen LogP contribution in [0.2, 0.25) is 0 Å². The SMILES string of the molecule is COc1cc2c(cc1O)CCN(C(=O)c1ccco1)[C@H]2C. The van der Waals surface area contributed by atoms with Crippen molar-refractivity contribution in [2.75, 3.05) is 13.7 Å². The van der Waals surface area contributed by atoms with Crippen molar-refractivity contribution >= 4 is 5.91 Å². The molecule has 1 aromatic carbocycles. The molecule has 1 amide bonds. The molecule has 2 heterocycles. The first-order valence-electron chi connectivity index (χ1n) is 6.86. The minimum Gasteiger partial charge on any atom is -0.504 e. The number of phenolic OH excluding ortho intramolecular Hbond substituents is 1. The predicted octanol–water partition coefficient (Wildman–Crippen LogP) is 2.75. The number of phenols is 1. The second kappa shape index (κ2) is 5.16. The Morgan fingerprint density at radius 2 is 2.29 bits per heavy atom. The van der Waals surface area contributed by atoms with E-state index in [-0.39, 0.29) is 17.7 Å². The minimum atomic E-state index is -0.120. The molecule has 1 N–H and O–H groups in total. The van der Waals surface area contributed by atoms with Crippen LogP contribution in [0.3, 0.4) is 0 Å². The van der Waals surface area contributed by atoms with Gasteiger partial charge < -0.3 is 19.2 Å². The lowest BCUT2D eigenvalue weighted by molar-refractivity contribution is 0.0644. The van der Waals surface area contributed by atoms with Gasteiger partial charge in [-0.1, -0.05) is 0 Å². The van der Waals surface area contributed by atoms with E-state index in [1.54, 1.807) is 29.2 Å².